The van der Waals surface area contributed by atoms with Crippen LogP contribution in [0.3, 0.4) is 0 Å². The number of amides is 1. The number of carbonyl (C=O) groups excluding carboxylic acids is 1. The van der Waals surface area contributed by atoms with Crippen molar-refractivity contribution in [2.75, 3.05) is 20.7 Å². The summed E-state index contributed by atoms with van der Waals surface area (Å²) in [6, 6.07) is 5.70. The fourth-order valence-electron chi connectivity index (χ4n) is 1.74. The first-order valence-corrected chi connectivity index (χ1v) is 6.91. The zero-order valence-corrected chi connectivity index (χ0v) is 12.7. The van der Waals surface area contributed by atoms with Gasteiger partial charge in [0.05, 0.1) is 6.61 Å². The largest absolute Gasteiger partial charge is 0.493 e. The third-order valence-electron chi connectivity index (χ3n) is 2.80. The SMILES string of the molecule is CCCOc1ccc(CNC)c(OC(C)C(=O)NC)c1. The smallest absolute Gasteiger partial charge is 0.260 e. The van der Waals surface area contributed by atoms with Crippen LogP contribution in [-0.2, 0) is 11.3 Å². The van der Waals surface area contributed by atoms with Crippen LogP contribution in [0.5, 0.6) is 11.5 Å². The monoisotopic (exact) mass is 280 g/mol. The van der Waals surface area contributed by atoms with Gasteiger partial charge in [-0.2, -0.15) is 0 Å². The molecule has 0 heterocycles. The summed E-state index contributed by atoms with van der Waals surface area (Å²) in [5, 5.41) is 5.66. The van der Waals surface area contributed by atoms with Crippen molar-refractivity contribution >= 4 is 5.91 Å². The maximum Gasteiger partial charge on any atom is 0.260 e. The molecule has 0 aliphatic rings. The number of nitrogens with one attached hydrogen (secondary N) is 2. The van der Waals surface area contributed by atoms with Crippen LogP contribution in [0.2, 0.25) is 0 Å². The molecule has 5 nitrogen and oxygen atoms in total. The normalized spacial score (nSPS) is 11.8. The second kappa shape index (κ2) is 8.43. The van der Waals surface area contributed by atoms with E-state index in [-0.39, 0.29) is 5.91 Å². The highest BCUT2D eigenvalue weighted by Gasteiger charge is 2.15. The number of benzene rings is 1. The Labute approximate surface area is 120 Å². The molecular weight excluding hydrogens is 256 g/mol. The van der Waals surface area contributed by atoms with Crippen molar-refractivity contribution in [3.8, 4) is 11.5 Å². The van der Waals surface area contributed by atoms with E-state index >= 15 is 0 Å². The van der Waals surface area contributed by atoms with Gasteiger partial charge in [-0.3, -0.25) is 4.79 Å². The molecular formula is C15H24N2O3. The second-order valence-electron chi connectivity index (χ2n) is 4.52. The standard InChI is InChI=1S/C15H24N2O3/c1-5-8-19-13-7-6-12(10-16-3)14(9-13)20-11(2)15(18)17-4/h6-7,9,11,16H,5,8,10H2,1-4H3,(H,17,18). The minimum atomic E-state index is -0.544. The first kappa shape index (κ1) is 16.3. The zero-order chi connectivity index (χ0) is 15.0. The average Bonchev–Trinajstić information content (AvgIpc) is 2.46. The van der Waals surface area contributed by atoms with Crippen molar-refractivity contribution in [2.45, 2.75) is 32.9 Å². The molecule has 1 atom stereocenters. The van der Waals surface area contributed by atoms with E-state index in [1.165, 1.54) is 0 Å². The molecule has 0 bridgehead atoms. The van der Waals surface area contributed by atoms with E-state index in [2.05, 4.69) is 17.6 Å². The predicted molar refractivity (Wildman–Crippen MR) is 79.1 cm³/mol. The summed E-state index contributed by atoms with van der Waals surface area (Å²) in [5.41, 5.74) is 0.993. The van der Waals surface area contributed by atoms with E-state index in [0.29, 0.717) is 18.9 Å². The fourth-order valence-corrected chi connectivity index (χ4v) is 1.74. The Hall–Kier alpha value is -1.75. The van der Waals surface area contributed by atoms with Crippen LogP contribution >= 0.6 is 0 Å². The Morgan fingerprint density at radius 3 is 2.70 bits per heavy atom. The van der Waals surface area contributed by atoms with Gasteiger partial charge in [-0.1, -0.05) is 13.0 Å². The molecule has 1 aromatic rings. The summed E-state index contributed by atoms with van der Waals surface area (Å²) in [5.74, 6) is 1.27. The highest BCUT2D eigenvalue weighted by Crippen LogP contribution is 2.26. The molecule has 1 rings (SSSR count). The van der Waals surface area contributed by atoms with Crippen LogP contribution in [0.4, 0.5) is 0 Å². The van der Waals surface area contributed by atoms with Gasteiger partial charge in [0.25, 0.3) is 5.91 Å². The fraction of sp³-hybridized carbons (Fsp3) is 0.533. The molecule has 112 valence electrons. The second-order valence-corrected chi connectivity index (χ2v) is 4.52. The minimum absolute atomic E-state index is 0.153. The van der Waals surface area contributed by atoms with E-state index in [1.54, 1.807) is 14.0 Å². The number of hydrogen-bond acceptors (Lipinski definition) is 4. The minimum Gasteiger partial charge on any atom is -0.493 e. The average molecular weight is 280 g/mol. The summed E-state index contributed by atoms with van der Waals surface area (Å²) in [6.45, 7) is 5.11. The van der Waals surface area contributed by atoms with E-state index < -0.39 is 6.10 Å². The summed E-state index contributed by atoms with van der Waals surface area (Å²) in [4.78, 5) is 11.6. The lowest BCUT2D eigenvalue weighted by atomic mass is 10.2. The summed E-state index contributed by atoms with van der Waals surface area (Å²) >= 11 is 0. The molecule has 0 aliphatic carbocycles. The lowest BCUT2D eigenvalue weighted by molar-refractivity contribution is -0.126. The van der Waals surface area contributed by atoms with Crippen molar-refractivity contribution in [1.82, 2.24) is 10.6 Å². The van der Waals surface area contributed by atoms with Gasteiger partial charge in [0.15, 0.2) is 6.10 Å². The third kappa shape index (κ3) is 4.74. The van der Waals surface area contributed by atoms with Crippen molar-refractivity contribution in [3.05, 3.63) is 23.8 Å². The number of rotatable bonds is 8. The Bertz CT molecular complexity index is 435. The first-order chi connectivity index (χ1) is 9.62. The molecule has 2 N–H and O–H groups in total. The van der Waals surface area contributed by atoms with Gasteiger partial charge >= 0.3 is 0 Å². The lowest BCUT2D eigenvalue weighted by Gasteiger charge is -2.17. The molecule has 0 spiro atoms. The molecule has 1 unspecified atom stereocenters. The number of carbonyl (C=O) groups is 1. The molecule has 5 heteroatoms. The Morgan fingerprint density at radius 1 is 1.35 bits per heavy atom. The molecule has 0 fully saturated rings. The topological polar surface area (TPSA) is 59.6 Å². The van der Waals surface area contributed by atoms with Gasteiger partial charge in [0.1, 0.15) is 11.5 Å². The predicted octanol–water partition coefficient (Wildman–Crippen LogP) is 1.71. The van der Waals surface area contributed by atoms with Crippen molar-refractivity contribution in [2.24, 2.45) is 0 Å². The van der Waals surface area contributed by atoms with Gasteiger partial charge < -0.3 is 20.1 Å². The lowest BCUT2D eigenvalue weighted by Crippen LogP contribution is -2.34. The van der Waals surface area contributed by atoms with Crippen molar-refractivity contribution in [3.63, 3.8) is 0 Å². The number of hydrogen-bond donors (Lipinski definition) is 2. The summed E-state index contributed by atoms with van der Waals surface area (Å²) in [7, 11) is 3.46. The molecule has 0 aromatic heterocycles. The van der Waals surface area contributed by atoms with Crippen LogP contribution in [0, 0.1) is 0 Å². The quantitative estimate of drug-likeness (QED) is 0.761. The third-order valence-corrected chi connectivity index (χ3v) is 2.80. The molecule has 1 amide bonds. The van der Waals surface area contributed by atoms with Crippen molar-refractivity contribution in [1.29, 1.82) is 0 Å². The number of likely N-dealkylation sites (N-methyl/N-ethyl adjacent to an activating group) is 1. The highest BCUT2D eigenvalue weighted by molar-refractivity contribution is 5.80. The molecule has 1 aromatic carbocycles. The van der Waals surface area contributed by atoms with Crippen LogP contribution in [0.15, 0.2) is 18.2 Å². The summed E-state index contributed by atoms with van der Waals surface area (Å²) < 4.78 is 11.3. The Morgan fingerprint density at radius 2 is 2.10 bits per heavy atom. The van der Waals surface area contributed by atoms with Gasteiger partial charge in [-0.25, -0.2) is 0 Å². The molecule has 0 radical (unpaired) electrons. The van der Waals surface area contributed by atoms with Gasteiger partial charge in [-0.05, 0) is 26.5 Å². The van der Waals surface area contributed by atoms with E-state index in [4.69, 9.17) is 9.47 Å². The highest BCUT2D eigenvalue weighted by atomic mass is 16.5. The molecule has 0 saturated heterocycles. The molecule has 0 saturated carbocycles. The van der Waals surface area contributed by atoms with Crippen LogP contribution in [0.25, 0.3) is 0 Å². The maximum atomic E-state index is 11.6. The van der Waals surface area contributed by atoms with Gasteiger partial charge in [0.2, 0.25) is 0 Å². The van der Waals surface area contributed by atoms with Gasteiger partial charge in [-0.15, -0.1) is 0 Å². The number of ether oxygens (including phenoxy) is 2. The van der Waals surface area contributed by atoms with Gasteiger partial charge in [0, 0.05) is 25.2 Å². The van der Waals surface area contributed by atoms with E-state index in [0.717, 1.165) is 17.7 Å². The van der Waals surface area contributed by atoms with E-state index in [9.17, 15) is 4.79 Å². The summed E-state index contributed by atoms with van der Waals surface area (Å²) in [6.07, 6.45) is 0.403. The van der Waals surface area contributed by atoms with Crippen LogP contribution < -0.4 is 20.1 Å². The molecule has 20 heavy (non-hydrogen) atoms. The first-order valence-electron chi connectivity index (χ1n) is 6.91. The Kier molecular flexibility index (Phi) is 6.87. The van der Waals surface area contributed by atoms with Crippen LogP contribution in [-0.4, -0.2) is 32.7 Å². The van der Waals surface area contributed by atoms with E-state index in [1.807, 2.05) is 25.2 Å². The Balaban J connectivity index is 2.89. The maximum absolute atomic E-state index is 11.6. The van der Waals surface area contributed by atoms with Crippen LogP contribution in [0.1, 0.15) is 25.8 Å². The van der Waals surface area contributed by atoms with Crippen molar-refractivity contribution < 1.29 is 14.3 Å². The molecule has 0 aliphatic heterocycles. The zero-order valence-electron chi connectivity index (χ0n) is 12.7.